The van der Waals surface area contributed by atoms with E-state index in [1.54, 1.807) is 0 Å². The van der Waals surface area contributed by atoms with Gasteiger partial charge in [0.1, 0.15) is 0 Å². The summed E-state index contributed by atoms with van der Waals surface area (Å²) in [5.41, 5.74) is 3.72. The first-order valence-electron chi connectivity index (χ1n) is 5.83. The Labute approximate surface area is 111 Å². The van der Waals surface area contributed by atoms with Crippen molar-refractivity contribution in [3.8, 4) is 0 Å². The number of rotatable bonds is 4. The summed E-state index contributed by atoms with van der Waals surface area (Å²) in [5.74, 6) is 0. The van der Waals surface area contributed by atoms with Crippen LogP contribution in [0.5, 0.6) is 0 Å². The van der Waals surface area contributed by atoms with Crippen molar-refractivity contribution in [3.63, 3.8) is 0 Å². The molecular weight excluding hydrogens is 276 g/mol. The van der Waals surface area contributed by atoms with Gasteiger partial charge in [-0.15, -0.1) is 0 Å². The van der Waals surface area contributed by atoms with Crippen LogP contribution in [0.2, 0.25) is 0 Å². The van der Waals surface area contributed by atoms with Crippen LogP contribution in [0.4, 0.5) is 5.69 Å². The van der Waals surface area contributed by atoms with Gasteiger partial charge in [-0.05, 0) is 49.2 Å². The monoisotopic (exact) mass is 292 g/mol. The molecule has 0 aliphatic carbocycles. The second-order valence-corrected chi connectivity index (χ2v) is 5.14. The minimum atomic E-state index is 0.864. The van der Waals surface area contributed by atoms with Crippen LogP contribution in [-0.4, -0.2) is 4.57 Å². The van der Waals surface area contributed by atoms with Gasteiger partial charge in [0.25, 0.3) is 0 Å². The van der Waals surface area contributed by atoms with E-state index in [1.807, 2.05) is 0 Å². The van der Waals surface area contributed by atoms with E-state index in [9.17, 15) is 0 Å². The highest BCUT2D eigenvalue weighted by Gasteiger charge is 1.98. The second kappa shape index (κ2) is 5.41. The maximum absolute atomic E-state index is 3.51. The van der Waals surface area contributed by atoms with Crippen LogP contribution in [-0.2, 0) is 13.1 Å². The Morgan fingerprint density at radius 2 is 2.12 bits per heavy atom. The second-order valence-electron chi connectivity index (χ2n) is 4.22. The molecule has 2 aromatic rings. The van der Waals surface area contributed by atoms with Gasteiger partial charge in [0.05, 0.1) is 0 Å². The summed E-state index contributed by atoms with van der Waals surface area (Å²) in [4.78, 5) is 0. The van der Waals surface area contributed by atoms with E-state index in [-0.39, 0.29) is 0 Å². The third kappa shape index (κ3) is 3.37. The molecule has 2 nitrogen and oxygen atoms in total. The highest BCUT2D eigenvalue weighted by atomic mass is 79.9. The van der Waals surface area contributed by atoms with E-state index in [0.717, 1.165) is 23.2 Å². The minimum absolute atomic E-state index is 0.864. The summed E-state index contributed by atoms with van der Waals surface area (Å²) in [6.45, 7) is 6.14. The van der Waals surface area contributed by atoms with Crippen molar-refractivity contribution in [1.82, 2.24) is 4.57 Å². The van der Waals surface area contributed by atoms with Crippen LogP contribution >= 0.6 is 15.9 Å². The fraction of sp³-hybridized carbons (Fsp3) is 0.286. The molecule has 1 heterocycles. The Bertz CT molecular complexity index is 482. The molecule has 90 valence electrons. The molecule has 3 heteroatoms. The van der Waals surface area contributed by atoms with Gasteiger partial charge in [-0.2, -0.15) is 0 Å². The lowest BCUT2D eigenvalue weighted by atomic mass is 10.2. The number of aromatic nitrogens is 1. The normalized spacial score (nSPS) is 10.5. The van der Waals surface area contributed by atoms with Gasteiger partial charge in [0, 0.05) is 35.6 Å². The summed E-state index contributed by atoms with van der Waals surface area (Å²) in [5, 5.41) is 3.44. The zero-order chi connectivity index (χ0) is 12.3. The van der Waals surface area contributed by atoms with Crippen molar-refractivity contribution in [3.05, 3.63) is 52.3 Å². The van der Waals surface area contributed by atoms with Crippen molar-refractivity contribution in [1.29, 1.82) is 0 Å². The minimum Gasteiger partial charge on any atom is -0.381 e. The highest BCUT2D eigenvalue weighted by Crippen LogP contribution is 2.19. The lowest BCUT2D eigenvalue weighted by Gasteiger charge is -2.07. The van der Waals surface area contributed by atoms with Gasteiger partial charge >= 0.3 is 0 Å². The molecule has 2 rings (SSSR count). The number of nitrogens with one attached hydrogen (secondary N) is 1. The van der Waals surface area contributed by atoms with Gasteiger partial charge in [0.2, 0.25) is 0 Å². The van der Waals surface area contributed by atoms with Crippen LogP contribution in [0.3, 0.4) is 0 Å². The zero-order valence-electron chi connectivity index (χ0n) is 10.2. The predicted octanol–water partition coefficient (Wildman–Crippen LogP) is 4.19. The average molecular weight is 293 g/mol. The van der Waals surface area contributed by atoms with E-state index in [1.165, 1.54) is 11.1 Å². The Morgan fingerprint density at radius 3 is 2.76 bits per heavy atom. The fourth-order valence-corrected chi connectivity index (χ4v) is 2.44. The quantitative estimate of drug-likeness (QED) is 0.894. The topological polar surface area (TPSA) is 17.0 Å². The predicted molar refractivity (Wildman–Crippen MR) is 76.3 cm³/mol. The maximum Gasteiger partial charge on any atom is 0.0415 e. The number of benzene rings is 1. The molecule has 0 radical (unpaired) electrons. The summed E-state index contributed by atoms with van der Waals surface area (Å²) < 4.78 is 3.30. The molecule has 0 saturated carbocycles. The summed E-state index contributed by atoms with van der Waals surface area (Å²) in [6, 6.07) is 8.52. The fourth-order valence-electron chi connectivity index (χ4n) is 1.83. The van der Waals surface area contributed by atoms with Crippen LogP contribution in [0.15, 0.2) is 41.1 Å². The Morgan fingerprint density at radius 1 is 1.29 bits per heavy atom. The van der Waals surface area contributed by atoms with Crippen LogP contribution in [0, 0.1) is 6.92 Å². The Hall–Kier alpha value is -1.22. The standard InChI is InChI=1S/C14H17BrN2/c1-3-17-5-4-12(10-17)9-16-14-7-11(2)6-13(15)8-14/h4-8,10,16H,3,9H2,1-2H3. The van der Waals surface area contributed by atoms with E-state index in [2.05, 4.69) is 76.3 Å². The molecule has 17 heavy (non-hydrogen) atoms. The van der Waals surface area contributed by atoms with Gasteiger partial charge in [0.15, 0.2) is 0 Å². The van der Waals surface area contributed by atoms with Gasteiger partial charge in [-0.1, -0.05) is 15.9 Å². The molecule has 0 bridgehead atoms. The van der Waals surface area contributed by atoms with Crippen LogP contribution in [0.25, 0.3) is 0 Å². The van der Waals surface area contributed by atoms with Crippen molar-refractivity contribution in [2.24, 2.45) is 0 Å². The first kappa shape index (κ1) is 12.2. The van der Waals surface area contributed by atoms with E-state index in [0.29, 0.717) is 0 Å². The molecule has 0 unspecified atom stereocenters. The van der Waals surface area contributed by atoms with E-state index in [4.69, 9.17) is 0 Å². The van der Waals surface area contributed by atoms with E-state index < -0.39 is 0 Å². The summed E-state index contributed by atoms with van der Waals surface area (Å²) in [6.07, 6.45) is 4.29. The van der Waals surface area contributed by atoms with E-state index >= 15 is 0 Å². The number of anilines is 1. The molecule has 0 saturated heterocycles. The first-order chi connectivity index (χ1) is 8.17. The van der Waals surface area contributed by atoms with Crippen LogP contribution in [0.1, 0.15) is 18.1 Å². The number of hydrogen-bond donors (Lipinski definition) is 1. The molecule has 1 aromatic heterocycles. The SMILES string of the molecule is CCn1ccc(CNc2cc(C)cc(Br)c2)c1. The number of aryl methyl sites for hydroxylation is 2. The van der Waals surface area contributed by atoms with Crippen molar-refractivity contribution >= 4 is 21.6 Å². The average Bonchev–Trinajstić information content (AvgIpc) is 2.73. The lowest BCUT2D eigenvalue weighted by molar-refractivity contribution is 0.766. The van der Waals surface area contributed by atoms with Gasteiger partial charge in [-0.3, -0.25) is 0 Å². The third-order valence-electron chi connectivity index (χ3n) is 2.72. The van der Waals surface area contributed by atoms with Gasteiger partial charge < -0.3 is 9.88 Å². The van der Waals surface area contributed by atoms with Crippen molar-refractivity contribution in [2.75, 3.05) is 5.32 Å². The molecule has 0 aliphatic rings. The molecule has 0 atom stereocenters. The van der Waals surface area contributed by atoms with Gasteiger partial charge in [-0.25, -0.2) is 0 Å². The largest absolute Gasteiger partial charge is 0.381 e. The van der Waals surface area contributed by atoms with Crippen molar-refractivity contribution < 1.29 is 0 Å². The molecule has 1 N–H and O–H groups in total. The van der Waals surface area contributed by atoms with Crippen LogP contribution < -0.4 is 5.32 Å². The first-order valence-corrected chi connectivity index (χ1v) is 6.62. The molecule has 0 amide bonds. The lowest BCUT2D eigenvalue weighted by Crippen LogP contribution is -1.99. The number of nitrogens with zero attached hydrogens (tertiary/aromatic N) is 1. The number of halogens is 1. The summed E-state index contributed by atoms with van der Waals surface area (Å²) in [7, 11) is 0. The smallest absolute Gasteiger partial charge is 0.0415 e. The highest BCUT2D eigenvalue weighted by molar-refractivity contribution is 9.10. The molecule has 0 fully saturated rings. The maximum atomic E-state index is 3.51. The molecule has 1 aromatic carbocycles. The Kier molecular flexibility index (Phi) is 3.89. The third-order valence-corrected chi connectivity index (χ3v) is 3.17. The summed E-state index contributed by atoms with van der Waals surface area (Å²) >= 11 is 3.51. The Balaban J connectivity index is 2.01. The zero-order valence-corrected chi connectivity index (χ0v) is 11.8. The molecule has 0 aliphatic heterocycles. The van der Waals surface area contributed by atoms with Crippen molar-refractivity contribution in [2.45, 2.75) is 26.9 Å². The molecular formula is C14H17BrN2. The molecule has 0 spiro atoms. The number of hydrogen-bond acceptors (Lipinski definition) is 1.